The largest absolute Gasteiger partial charge is 0.325 e. The summed E-state index contributed by atoms with van der Waals surface area (Å²) in [5.41, 5.74) is 3.33. The number of para-hydroxylation sites is 1. The lowest BCUT2D eigenvalue weighted by Crippen LogP contribution is -2.27. The highest BCUT2D eigenvalue weighted by atomic mass is 35.5. The molecule has 0 atom stereocenters. The Morgan fingerprint density at radius 3 is 2.34 bits per heavy atom. The first kappa shape index (κ1) is 26.4. The van der Waals surface area contributed by atoms with Gasteiger partial charge < -0.3 is 5.32 Å². The number of amides is 1. The van der Waals surface area contributed by atoms with Crippen LogP contribution in [-0.2, 0) is 14.8 Å². The molecule has 5 rings (SSSR count). The van der Waals surface area contributed by atoms with Gasteiger partial charge in [0, 0.05) is 29.4 Å². The van der Waals surface area contributed by atoms with Crippen LogP contribution >= 0.6 is 23.4 Å². The highest BCUT2D eigenvalue weighted by Gasteiger charge is 2.27. The predicted octanol–water partition coefficient (Wildman–Crippen LogP) is 5.41. The van der Waals surface area contributed by atoms with Crippen LogP contribution in [0.15, 0.2) is 82.8 Å². The molecule has 1 N–H and O–H groups in total. The second kappa shape index (κ2) is 11.3. The molecule has 0 saturated carbocycles. The fraction of sp³-hybridized carbons (Fsp3) is 0.222. The van der Waals surface area contributed by atoms with Gasteiger partial charge in [-0.2, -0.15) is 4.31 Å². The van der Waals surface area contributed by atoms with Gasteiger partial charge in [0.25, 0.3) is 0 Å². The average molecular weight is 568 g/mol. The molecular weight excluding hydrogens is 542 g/mol. The van der Waals surface area contributed by atoms with E-state index in [1.807, 2.05) is 47.9 Å². The third-order valence-electron chi connectivity index (χ3n) is 6.27. The van der Waals surface area contributed by atoms with Crippen LogP contribution in [0, 0.1) is 6.92 Å². The van der Waals surface area contributed by atoms with Gasteiger partial charge in [-0.05, 0) is 79.9 Å². The van der Waals surface area contributed by atoms with E-state index in [4.69, 9.17) is 11.6 Å². The van der Waals surface area contributed by atoms with E-state index >= 15 is 0 Å². The maximum Gasteiger partial charge on any atom is 0.243 e. The van der Waals surface area contributed by atoms with E-state index in [-0.39, 0.29) is 16.6 Å². The molecule has 1 amide bonds. The van der Waals surface area contributed by atoms with Gasteiger partial charge in [-0.25, -0.2) is 8.42 Å². The minimum Gasteiger partial charge on any atom is -0.325 e. The first-order valence-corrected chi connectivity index (χ1v) is 14.9. The zero-order chi connectivity index (χ0) is 26.7. The summed E-state index contributed by atoms with van der Waals surface area (Å²) < 4.78 is 28.9. The van der Waals surface area contributed by atoms with Crippen molar-refractivity contribution >= 4 is 45.0 Å². The number of sulfonamides is 1. The van der Waals surface area contributed by atoms with Gasteiger partial charge in [-0.1, -0.05) is 41.6 Å². The Bertz CT molecular complexity index is 1550. The second-order valence-corrected chi connectivity index (χ2v) is 12.2. The Hall–Kier alpha value is -3.18. The van der Waals surface area contributed by atoms with Crippen molar-refractivity contribution in [3.8, 4) is 17.1 Å². The molecule has 1 aliphatic heterocycles. The molecular formula is C27H26ClN5O3S2. The standard InChI is InChI=1S/C27H26ClN5O3S2/c1-19-6-2-3-7-24(19)33-26(20-8-10-21(28)11-9-20)30-31-27(33)37-18-25(34)29-22-12-14-23(15-13-22)38(35,36)32-16-4-5-17-32/h2-3,6-15H,4-5,16-18H2,1H3,(H,29,34). The van der Waals surface area contributed by atoms with Crippen LogP contribution in [-0.4, -0.2) is 52.2 Å². The fourth-order valence-corrected chi connectivity index (χ4v) is 6.68. The Labute approximate surface area is 231 Å². The first-order chi connectivity index (χ1) is 18.3. The van der Waals surface area contributed by atoms with Gasteiger partial charge in [0.15, 0.2) is 11.0 Å². The predicted molar refractivity (Wildman–Crippen MR) is 150 cm³/mol. The molecule has 196 valence electrons. The zero-order valence-electron chi connectivity index (χ0n) is 20.7. The van der Waals surface area contributed by atoms with Crippen LogP contribution in [0.1, 0.15) is 18.4 Å². The summed E-state index contributed by atoms with van der Waals surface area (Å²) in [6, 6.07) is 21.6. The highest BCUT2D eigenvalue weighted by Crippen LogP contribution is 2.30. The number of carbonyl (C=O) groups is 1. The number of nitrogens with zero attached hydrogens (tertiary/aromatic N) is 4. The van der Waals surface area contributed by atoms with Crippen LogP contribution < -0.4 is 5.32 Å². The molecule has 0 unspecified atom stereocenters. The van der Waals surface area contributed by atoms with E-state index in [1.165, 1.54) is 28.2 Å². The van der Waals surface area contributed by atoms with Gasteiger partial charge >= 0.3 is 0 Å². The van der Waals surface area contributed by atoms with Gasteiger partial charge in [-0.3, -0.25) is 9.36 Å². The summed E-state index contributed by atoms with van der Waals surface area (Å²) in [7, 11) is -3.50. The maximum absolute atomic E-state index is 12.8. The summed E-state index contributed by atoms with van der Waals surface area (Å²) in [5.74, 6) is 0.504. The number of hydrogen-bond donors (Lipinski definition) is 1. The van der Waals surface area contributed by atoms with Crippen molar-refractivity contribution in [3.05, 3.63) is 83.4 Å². The van der Waals surface area contributed by atoms with Crippen molar-refractivity contribution in [2.45, 2.75) is 29.8 Å². The van der Waals surface area contributed by atoms with Crippen molar-refractivity contribution in [1.29, 1.82) is 0 Å². The van der Waals surface area contributed by atoms with Crippen molar-refractivity contribution in [1.82, 2.24) is 19.1 Å². The number of anilines is 1. The molecule has 4 aromatic rings. The van der Waals surface area contributed by atoms with Gasteiger partial charge in [0.1, 0.15) is 0 Å². The molecule has 1 aromatic heterocycles. The third-order valence-corrected chi connectivity index (χ3v) is 9.36. The topological polar surface area (TPSA) is 97.2 Å². The quantitative estimate of drug-likeness (QED) is 0.286. The molecule has 1 saturated heterocycles. The van der Waals surface area contributed by atoms with Gasteiger partial charge in [0.05, 0.1) is 16.3 Å². The second-order valence-electron chi connectivity index (χ2n) is 8.91. The Balaban J connectivity index is 1.31. The number of halogens is 1. The van der Waals surface area contributed by atoms with Crippen LogP contribution in [0.5, 0.6) is 0 Å². The van der Waals surface area contributed by atoms with E-state index in [1.54, 1.807) is 24.3 Å². The van der Waals surface area contributed by atoms with E-state index in [2.05, 4.69) is 15.5 Å². The molecule has 1 fully saturated rings. The van der Waals surface area contributed by atoms with Crippen LogP contribution in [0.2, 0.25) is 5.02 Å². The van der Waals surface area contributed by atoms with Gasteiger partial charge in [-0.15, -0.1) is 10.2 Å². The number of aromatic nitrogens is 3. The number of aryl methyl sites for hydroxylation is 1. The Kier molecular flexibility index (Phi) is 7.85. The summed E-state index contributed by atoms with van der Waals surface area (Å²) in [6.45, 7) is 3.10. The van der Waals surface area contributed by atoms with Crippen molar-refractivity contribution in [2.24, 2.45) is 0 Å². The normalized spacial score (nSPS) is 14.1. The fourth-order valence-electron chi connectivity index (χ4n) is 4.30. The monoisotopic (exact) mass is 567 g/mol. The minimum absolute atomic E-state index is 0.0957. The molecule has 3 aromatic carbocycles. The van der Waals surface area contributed by atoms with Crippen LogP contribution in [0.3, 0.4) is 0 Å². The van der Waals surface area contributed by atoms with Crippen LogP contribution in [0.4, 0.5) is 5.69 Å². The van der Waals surface area contributed by atoms with E-state index in [0.29, 0.717) is 34.8 Å². The average Bonchev–Trinajstić information content (AvgIpc) is 3.60. The Morgan fingerprint density at radius 2 is 1.66 bits per heavy atom. The lowest BCUT2D eigenvalue weighted by atomic mass is 10.1. The molecule has 2 heterocycles. The van der Waals surface area contributed by atoms with Crippen molar-refractivity contribution < 1.29 is 13.2 Å². The van der Waals surface area contributed by atoms with E-state index in [9.17, 15) is 13.2 Å². The lowest BCUT2D eigenvalue weighted by Gasteiger charge is -2.15. The SMILES string of the molecule is Cc1ccccc1-n1c(SCC(=O)Nc2ccc(S(=O)(=O)N3CCCC3)cc2)nnc1-c1ccc(Cl)cc1. The lowest BCUT2D eigenvalue weighted by molar-refractivity contribution is -0.113. The van der Waals surface area contributed by atoms with Crippen molar-refractivity contribution in [3.63, 3.8) is 0 Å². The number of hydrogen-bond acceptors (Lipinski definition) is 6. The van der Waals surface area contributed by atoms with E-state index < -0.39 is 10.0 Å². The van der Waals surface area contributed by atoms with E-state index in [0.717, 1.165) is 29.7 Å². The maximum atomic E-state index is 12.8. The summed E-state index contributed by atoms with van der Waals surface area (Å²) in [6.07, 6.45) is 1.76. The molecule has 0 spiro atoms. The third kappa shape index (κ3) is 5.63. The summed E-state index contributed by atoms with van der Waals surface area (Å²) in [5, 5.41) is 12.8. The number of benzene rings is 3. The first-order valence-electron chi connectivity index (χ1n) is 12.1. The van der Waals surface area contributed by atoms with Gasteiger partial charge in [0.2, 0.25) is 15.9 Å². The molecule has 0 bridgehead atoms. The van der Waals surface area contributed by atoms with Crippen molar-refractivity contribution in [2.75, 3.05) is 24.2 Å². The minimum atomic E-state index is -3.50. The summed E-state index contributed by atoms with van der Waals surface area (Å²) >= 11 is 7.34. The molecule has 0 radical (unpaired) electrons. The number of carbonyl (C=O) groups excluding carboxylic acids is 1. The molecule has 38 heavy (non-hydrogen) atoms. The number of nitrogens with one attached hydrogen (secondary N) is 1. The number of thioether (sulfide) groups is 1. The highest BCUT2D eigenvalue weighted by molar-refractivity contribution is 7.99. The van der Waals surface area contributed by atoms with Crippen LogP contribution in [0.25, 0.3) is 17.1 Å². The smallest absolute Gasteiger partial charge is 0.243 e. The number of rotatable bonds is 8. The zero-order valence-corrected chi connectivity index (χ0v) is 23.1. The molecule has 8 nitrogen and oxygen atoms in total. The Morgan fingerprint density at radius 1 is 0.974 bits per heavy atom. The molecule has 1 aliphatic rings. The molecule has 0 aliphatic carbocycles. The summed E-state index contributed by atoms with van der Waals surface area (Å²) in [4.78, 5) is 13.0. The molecule has 11 heteroatoms.